The number of nitrogens with one attached hydrogen (secondary N) is 12. The molecule has 0 unspecified atom stereocenters. The van der Waals surface area contributed by atoms with Gasteiger partial charge in [0, 0.05) is 12.8 Å². The number of nitrogens with two attached hydrogens (primary N) is 3. The van der Waals surface area contributed by atoms with Crippen molar-refractivity contribution in [3.05, 3.63) is 35.9 Å². The Morgan fingerprint density at radius 3 is 1.17 bits per heavy atom. The van der Waals surface area contributed by atoms with Crippen LogP contribution < -0.4 is 81.0 Å². The second-order valence-electron chi connectivity index (χ2n) is 25.3. The number of carboxylic acids is 5. The lowest BCUT2D eigenvalue weighted by Gasteiger charge is -2.30. The quantitative estimate of drug-likeness (QED) is 0.0271. The SMILES string of the molecule is CC[C@H](C)[C@H](NC(=O)[C@@H](NC(=O)[C@@H](N)CC(=O)O)C(C)C)C(=O)N[C@@H](C)C(=O)N[C@H](C(=O)N[C@@H](CC(=O)O)C(=O)N[C@@H](CCCCN)C(=O)N[C@@H](CCC(=O)O)C(=O)N[C@@H](CC(=O)O)C(=O)N[C@H](C(=O)N[C@@H](C)C(=O)N[C@@H](Cc1ccccc1)C(=O)N[C@@H](CCCCN)C(=O)O)C(C)C)[C@@H](C)O. The van der Waals surface area contributed by atoms with E-state index in [0.717, 1.165) is 13.8 Å². The Morgan fingerprint density at radius 1 is 0.373 bits per heavy atom. The highest BCUT2D eigenvalue weighted by atomic mass is 16.4. The maximum atomic E-state index is 14.2. The van der Waals surface area contributed by atoms with Crippen molar-refractivity contribution in [1.82, 2.24) is 63.8 Å². The van der Waals surface area contributed by atoms with Crippen molar-refractivity contribution >= 4 is 101 Å². The molecule has 0 aliphatic heterocycles. The van der Waals surface area contributed by atoms with Crippen LogP contribution in [-0.2, 0) is 87.9 Å². The molecule has 38 nitrogen and oxygen atoms in total. The van der Waals surface area contributed by atoms with Gasteiger partial charge in [0.1, 0.15) is 72.5 Å². The Kier molecular flexibility index (Phi) is 40.4. The molecule has 0 aliphatic carbocycles. The van der Waals surface area contributed by atoms with Crippen LogP contribution in [0.4, 0.5) is 0 Å². The maximum Gasteiger partial charge on any atom is 0.326 e. The van der Waals surface area contributed by atoms with E-state index in [1.807, 2.05) is 0 Å². The summed E-state index contributed by atoms with van der Waals surface area (Å²) in [7, 11) is 0. The van der Waals surface area contributed by atoms with E-state index in [0.29, 0.717) is 18.4 Å². The van der Waals surface area contributed by atoms with Crippen LogP contribution in [0.15, 0.2) is 30.3 Å². The zero-order valence-electron chi connectivity index (χ0n) is 58.7. The number of benzene rings is 1. The summed E-state index contributed by atoms with van der Waals surface area (Å²) >= 11 is 0. The third-order valence-corrected chi connectivity index (χ3v) is 15.9. The van der Waals surface area contributed by atoms with Gasteiger partial charge in [-0.25, -0.2) is 4.79 Å². The number of amides is 12. The fourth-order valence-electron chi connectivity index (χ4n) is 9.75. The topological polar surface area (TPSA) is 634 Å². The maximum absolute atomic E-state index is 14.2. The van der Waals surface area contributed by atoms with Crippen LogP contribution >= 0.6 is 0 Å². The normalized spacial score (nSPS) is 15.6. The summed E-state index contributed by atoms with van der Waals surface area (Å²) in [5, 5.41) is 87.0. The number of carbonyl (C=O) groups excluding carboxylic acids is 12. The lowest BCUT2D eigenvalue weighted by molar-refractivity contribution is -0.143. The zero-order valence-corrected chi connectivity index (χ0v) is 58.7. The van der Waals surface area contributed by atoms with Gasteiger partial charge in [0.15, 0.2) is 0 Å². The molecule has 1 aromatic carbocycles. The van der Waals surface area contributed by atoms with Crippen molar-refractivity contribution in [1.29, 1.82) is 0 Å². The third kappa shape index (κ3) is 33.0. The van der Waals surface area contributed by atoms with E-state index in [-0.39, 0.29) is 51.6 Å². The van der Waals surface area contributed by atoms with Crippen molar-refractivity contribution in [2.45, 2.75) is 230 Å². The molecule has 0 aliphatic rings. The molecule has 38 heteroatoms. The molecule has 0 spiro atoms. The number of rotatable bonds is 49. The molecule has 1 aromatic rings. The lowest BCUT2D eigenvalue weighted by atomic mass is 9.96. The van der Waals surface area contributed by atoms with E-state index in [2.05, 4.69) is 63.8 Å². The standard InChI is InChI=1S/C64H103N15O23/c1-10-32(6)50(78-61(98)49(31(4)5)76-54(91)37(67)27-45(83)84)62(99)69-34(8)53(90)79-51(35(9)80)63(100)75-42(28-46(85)86)58(95)70-38(20-14-16-24-65)55(92)71-39(22-23-44(81)82)56(93)74-43(29-47(87)88)59(96)77-48(30(2)3)60(97)68-33(7)52(89)73-41(26-36-18-12-11-13-19-36)57(94)72-40(64(101)102)21-15-17-25-66/h11-13,18-19,30-35,37-43,48-51,80H,10,14-17,20-29,65-67H2,1-9H3,(H,68,97)(H,69,99)(H,70,95)(H,71,92)(H,72,94)(H,73,89)(H,74,93)(H,75,100)(H,76,91)(H,77,96)(H,78,98)(H,79,90)(H,81,82)(H,83,84)(H,85,86)(H,87,88)(H,101,102)/t32-,33-,34-,35+,37-,38-,39-,40-,41-,42-,43-,48-,49-,50-,51-/m0/s1. The Morgan fingerprint density at radius 2 is 0.725 bits per heavy atom. The molecule has 0 radical (unpaired) electrons. The summed E-state index contributed by atoms with van der Waals surface area (Å²) in [5.74, 6) is -23.1. The Balaban J connectivity index is 3.49. The van der Waals surface area contributed by atoms with Gasteiger partial charge in [0.2, 0.25) is 70.9 Å². The fourth-order valence-corrected chi connectivity index (χ4v) is 9.75. The van der Waals surface area contributed by atoms with Crippen molar-refractivity contribution in [3.8, 4) is 0 Å². The summed E-state index contributed by atoms with van der Waals surface area (Å²) in [4.78, 5) is 225. The van der Waals surface area contributed by atoms with Gasteiger partial charge in [-0.05, 0) is 102 Å². The van der Waals surface area contributed by atoms with Crippen LogP contribution in [-0.4, -0.2) is 229 Å². The molecule has 572 valence electrons. The van der Waals surface area contributed by atoms with Crippen LogP contribution in [0.25, 0.3) is 0 Å². The molecule has 0 saturated carbocycles. The lowest BCUT2D eigenvalue weighted by Crippen LogP contribution is -2.62. The van der Waals surface area contributed by atoms with Gasteiger partial charge in [-0.15, -0.1) is 0 Å². The van der Waals surface area contributed by atoms with Crippen LogP contribution in [0.3, 0.4) is 0 Å². The van der Waals surface area contributed by atoms with E-state index in [4.69, 9.17) is 22.3 Å². The largest absolute Gasteiger partial charge is 0.481 e. The number of hydrogen-bond acceptors (Lipinski definition) is 21. The predicted molar refractivity (Wildman–Crippen MR) is 361 cm³/mol. The second kappa shape index (κ2) is 45.7. The average Bonchev–Trinajstić information content (AvgIpc) is 0.863. The van der Waals surface area contributed by atoms with E-state index < -0.39 is 235 Å². The summed E-state index contributed by atoms with van der Waals surface area (Å²) in [6.07, 6.45) is -5.65. The zero-order chi connectivity index (χ0) is 77.8. The van der Waals surface area contributed by atoms with Gasteiger partial charge < -0.3 is 112 Å². The predicted octanol–water partition coefficient (Wildman–Crippen LogP) is -5.22. The highest BCUT2D eigenvalue weighted by Crippen LogP contribution is 2.14. The van der Waals surface area contributed by atoms with Gasteiger partial charge in [-0.2, -0.15) is 0 Å². The van der Waals surface area contributed by atoms with E-state index in [1.165, 1.54) is 20.8 Å². The number of unbranched alkanes of at least 4 members (excludes halogenated alkanes) is 2. The molecular weight excluding hydrogens is 1350 g/mol. The van der Waals surface area contributed by atoms with E-state index in [1.54, 1.807) is 58.0 Å². The molecule has 12 amide bonds. The Hall–Kier alpha value is -9.95. The minimum absolute atomic E-state index is 0.0277. The first-order chi connectivity index (χ1) is 47.7. The monoisotopic (exact) mass is 1450 g/mol. The molecule has 0 fully saturated rings. The van der Waals surface area contributed by atoms with E-state index >= 15 is 0 Å². The summed E-state index contributed by atoms with van der Waals surface area (Å²) in [6.45, 7) is 13.0. The number of aliphatic carboxylic acids is 5. The summed E-state index contributed by atoms with van der Waals surface area (Å²) in [5.41, 5.74) is 17.5. The molecule has 24 N–H and O–H groups in total. The Labute approximate surface area is 589 Å². The first kappa shape index (κ1) is 90.1. The molecule has 102 heavy (non-hydrogen) atoms. The van der Waals surface area contributed by atoms with Crippen molar-refractivity contribution in [2.75, 3.05) is 13.1 Å². The first-order valence-electron chi connectivity index (χ1n) is 33.3. The van der Waals surface area contributed by atoms with Gasteiger partial charge in [-0.1, -0.05) is 78.3 Å². The van der Waals surface area contributed by atoms with Crippen molar-refractivity contribution in [2.24, 2.45) is 35.0 Å². The second-order valence-corrected chi connectivity index (χ2v) is 25.3. The van der Waals surface area contributed by atoms with Crippen LogP contribution in [0.5, 0.6) is 0 Å². The van der Waals surface area contributed by atoms with Gasteiger partial charge >= 0.3 is 29.8 Å². The highest BCUT2D eigenvalue weighted by Gasteiger charge is 2.39. The number of aliphatic hydroxyl groups is 1. The van der Waals surface area contributed by atoms with Gasteiger partial charge in [0.25, 0.3) is 0 Å². The number of carboxylic acid groups (broad SMARTS) is 5. The van der Waals surface area contributed by atoms with Crippen molar-refractivity contribution < 1.29 is 112 Å². The van der Waals surface area contributed by atoms with Gasteiger partial charge in [-0.3, -0.25) is 76.7 Å². The van der Waals surface area contributed by atoms with Crippen LogP contribution in [0.2, 0.25) is 0 Å². The third-order valence-electron chi connectivity index (χ3n) is 15.9. The number of aliphatic hydroxyl groups excluding tert-OH is 1. The molecule has 0 saturated heterocycles. The van der Waals surface area contributed by atoms with Gasteiger partial charge in [0.05, 0.1) is 31.4 Å². The van der Waals surface area contributed by atoms with Crippen LogP contribution in [0, 0.1) is 17.8 Å². The Bertz CT molecular complexity index is 3070. The molecular formula is C64H103N15O23. The minimum atomic E-state index is -2.12. The molecule has 0 heterocycles. The molecule has 0 aromatic heterocycles. The number of hydrogen-bond donors (Lipinski definition) is 21. The molecule has 15 atom stereocenters. The summed E-state index contributed by atoms with van der Waals surface area (Å²) in [6, 6.07) is -13.1. The highest BCUT2D eigenvalue weighted by molar-refractivity contribution is 6.01. The van der Waals surface area contributed by atoms with Crippen molar-refractivity contribution in [3.63, 3.8) is 0 Å². The number of carbonyl (C=O) groups is 17. The fraction of sp³-hybridized carbons (Fsp3) is 0.641. The van der Waals surface area contributed by atoms with Crippen LogP contribution in [0.1, 0.15) is 145 Å². The minimum Gasteiger partial charge on any atom is -0.481 e. The summed E-state index contributed by atoms with van der Waals surface area (Å²) < 4.78 is 0. The van der Waals surface area contributed by atoms with E-state index in [9.17, 15) is 107 Å². The smallest absolute Gasteiger partial charge is 0.326 e. The first-order valence-corrected chi connectivity index (χ1v) is 33.3. The average molecular weight is 1450 g/mol. The molecule has 1 rings (SSSR count). The molecule has 0 bridgehead atoms.